The van der Waals surface area contributed by atoms with Crippen LogP contribution >= 0.6 is 39.1 Å². The first-order valence-electron chi connectivity index (χ1n) is 3.82. The van der Waals surface area contributed by atoms with E-state index in [1.165, 1.54) is 0 Å². The molecule has 0 atom stereocenters. The predicted molar refractivity (Wildman–Crippen MR) is 67.4 cm³/mol. The van der Waals surface area contributed by atoms with Gasteiger partial charge in [-0.2, -0.15) is 0 Å². The molecular formula is C9H9BrCl2N2. The van der Waals surface area contributed by atoms with Gasteiger partial charge >= 0.3 is 0 Å². The number of anilines is 2. The molecule has 0 radical (unpaired) electrons. The van der Waals surface area contributed by atoms with Crippen LogP contribution in [-0.4, -0.2) is 6.54 Å². The van der Waals surface area contributed by atoms with E-state index in [0.717, 1.165) is 10.2 Å². The highest BCUT2D eigenvalue weighted by molar-refractivity contribution is 9.11. The molecule has 1 rings (SSSR count). The van der Waals surface area contributed by atoms with Gasteiger partial charge in [0.2, 0.25) is 0 Å². The van der Waals surface area contributed by atoms with Crippen molar-refractivity contribution in [2.75, 3.05) is 17.6 Å². The smallest absolute Gasteiger partial charge is 0.0614 e. The largest absolute Gasteiger partial charge is 0.397 e. The molecule has 1 aromatic carbocycles. The Morgan fingerprint density at radius 3 is 2.57 bits per heavy atom. The third kappa shape index (κ3) is 3.08. The molecule has 0 spiro atoms. The fraction of sp³-hybridized carbons (Fsp3) is 0.111. The lowest BCUT2D eigenvalue weighted by atomic mass is 10.2. The second-order valence-electron chi connectivity index (χ2n) is 2.72. The number of nitrogens with two attached hydrogens (primary N) is 1. The van der Waals surface area contributed by atoms with Crippen molar-refractivity contribution < 1.29 is 0 Å². The Morgan fingerprint density at radius 2 is 2.00 bits per heavy atom. The van der Waals surface area contributed by atoms with E-state index in [2.05, 4.69) is 27.8 Å². The second kappa shape index (κ2) is 4.91. The van der Waals surface area contributed by atoms with Crippen LogP contribution in [0.5, 0.6) is 0 Å². The number of nitrogen functional groups attached to an aromatic ring is 1. The topological polar surface area (TPSA) is 38.0 Å². The monoisotopic (exact) mass is 294 g/mol. The van der Waals surface area contributed by atoms with E-state index in [1.54, 1.807) is 12.1 Å². The SMILES string of the molecule is C=C(Br)CNc1cc(Cl)c(Cl)cc1N. The van der Waals surface area contributed by atoms with E-state index in [0.29, 0.717) is 22.3 Å². The molecule has 0 saturated carbocycles. The molecular weight excluding hydrogens is 287 g/mol. The number of benzene rings is 1. The molecule has 0 fully saturated rings. The van der Waals surface area contributed by atoms with Crippen LogP contribution in [0, 0.1) is 0 Å². The van der Waals surface area contributed by atoms with E-state index >= 15 is 0 Å². The highest BCUT2D eigenvalue weighted by atomic mass is 79.9. The minimum absolute atomic E-state index is 0.451. The molecule has 0 unspecified atom stereocenters. The molecule has 5 heteroatoms. The zero-order chi connectivity index (χ0) is 10.7. The van der Waals surface area contributed by atoms with Crippen molar-refractivity contribution in [1.29, 1.82) is 0 Å². The van der Waals surface area contributed by atoms with Crippen molar-refractivity contribution in [3.8, 4) is 0 Å². The van der Waals surface area contributed by atoms with Crippen LogP contribution in [0.15, 0.2) is 23.2 Å². The standard InChI is InChI=1S/C9H9BrCl2N2/c1-5(10)4-14-9-3-7(12)6(11)2-8(9)13/h2-3,14H,1,4,13H2. The molecule has 14 heavy (non-hydrogen) atoms. The highest BCUT2D eigenvalue weighted by Gasteiger charge is 2.04. The summed E-state index contributed by atoms with van der Waals surface area (Å²) in [6.07, 6.45) is 0. The van der Waals surface area contributed by atoms with Crippen molar-refractivity contribution in [2.45, 2.75) is 0 Å². The van der Waals surface area contributed by atoms with Crippen LogP contribution in [0.4, 0.5) is 11.4 Å². The first kappa shape index (κ1) is 11.7. The highest BCUT2D eigenvalue weighted by Crippen LogP contribution is 2.30. The summed E-state index contributed by atoms with van der Waals surface area (Å²) < 4.78 is 0.836. The predicted octanol–water partition coefficient (Wildman–Crippen LogP) is 3.90. The first-order valence-corrected chi connectivity index (χ1v) is 5.37. The molecule has 0 aromatic heterocycles. The minimum atomic E-state index is 0.451. The van der Waals surface area contributed by atoms with Crippen LogP contribution in [0.25, 0.3) is 0 Å². The quantitative estimate of drug-likeness (QED) is 0.830. The van der Waals surface area contributed by atoms with Gasteiger partial charge in [0.05, 0.1) is 21.4 Å². The maximum atomic E-state index is 5.84. The minimum Gasteiger partial charge on any atom is -0.397 e. The Kier molecular flexibility index (Phi) is 4.11. The maximum Gasteiger partial charge on any atom is 0.0614 e. The van der Waals surface area contributed by atoms with E-state index in [9.17, 15) is 0 Å². The lowest BCUT2D eigenvalue weighted by molar-refractivity contribution is 1.33. The number of hydrogen-bond donors (Lipinski definition) is 2. The van der Waals surface area contributed by atoms with E-state index in [-0.39, 0.29) is 0 Å². The molecule has 0 aliphatic carbocycles. The van der Waals surface area contributed by atoms with Gasteiger partial charge in [-0.05, 0) is 12.1 Å². The Bertz CT molecular complexity index is 366. The summed E-state index contributed by atoms with van der Waals surface area (Å²) in [6.45, 7) is 4.28. The van der Waals surface area contributed by atoms with Gasteiger partial charge in [0.25, 0.3) is 0 Å². The summed E-state index contributed by atoms with van der Waals surface area (Å²) in [7, 11) is 0. The fourth-order valence-electron chi connectivity index (χ4n) is 0.906. The van der Waals surface area contributed by atoms with Gasteiger partial charge in [0.1, 0.15) is 0 Å². The van der Waals surface area contributed by atoms with Gasteiger partial charge < -0.3 is 11.1 Å². The summed E-state index contributed by atoms with van der Waals surface area (Å²) in [5.74, 6) is 0. The van der Waals surface area contributed by atoms with E-state index < -0.39 is 0 Å². The van der Waals surface area contributed by atoms with Crippen molar-refractivity contribution in [2.24, 2.45) is 0 Å². The van der Waals surface area contributed by atoms with Crippen molar-refractivity contribution in [3.05, 3.63) is 33.2 Å². The summed E-state index contributed by atoms with van der Waals surface area (Å²) >= 11 is 14.9. The Labute approximate surface area is 101 Å². The van der Waals surface area contributed by atoms with Gasteiger partial charge in [-0.25, -0.2) is 0 Å². The fourth-order valence-corrected chi connectivity index (χ4v) is 1.38. The Morgan fingerprint density at radius 1 is 1.43 bits per heavy atom. The average Bonchev–Trinajstić information content (AvgIpc) is 2.09. The first-order chi connectivity index (χ1) is 6.50. The molecule has 1 aromatic rings. The molecule has 0 aliphatic heterocycles. The molecule has 3 N–H and O–H groups in total. The zero-order valence-electron chi connectivity index (χ0n) is 7.28. The zero-order valence-corrected chi connectivity index (χ0v) is 10.4. The maximum absolute atomic E-state index is 5.84. The molecule has 0 aliphatic rings. The number of halogens is 3. The van der Waals surface area contributed by atoms with Crippen LogP contribution < -0.4 is 11.1 Å². The van der Waals surface area contributed by atoms with Crippen molar-refractivity contribution >= 4 is 50.5 Å². The van der Waals surface area contributed by atoms with Crippen LogP contribution in [0.3, 0.4) is 0 Å². The van der Waals surface area contributed by atoms with Crippen LogP contribution in [-0.2, 0) is 0 Å². The van der Waals surface area contributed by atoms with Gasteiger partial charge in [-0.1, -0.05) is 45.7 Å². The second-order valence-corrected chi connectivity index (χ2v) is 4.66. The van der Waals surface area contributed by atoms with Gasteiger partial charge in [-0.3, -0.25) is 0 Å². The third-order valence-electron chi connectivity index (χ3n) is 1.56. The number of rotatable bonds is 3. The lowest BCUT2D eigenvalue weighted by Crippen LogP contribution is -2.03. The summed E-state index contributed by atoms with van der Waals surface area (Å²) in [5.41, 5.74) is 7.04. The van der Waals surface area contributed by atoms with Crippen molar-refractivity contribution in [3.63, 3.8) is 0 Å². The average molecular weight is 296 g/mol. The molecule has 0 bridgehead atoms. The number of hydrogen-bond acceptors (Lipinski definition) is 2. The normalized spacial score (nSPS) is 9.93. The van der Waals surface area contributed by atoms with Crippen LogP contribution in [0.2, 0.25) is 10.0 Å². The van der Waals surface area contributed by atoms with Gasteiger partial charge in [0.15, 0.2) is 0 Å². The Balaban J connectivity index is 2.87. The molecule has 2 nitrogen and oxygen atoms in total. The summed E-state index contributed by atoms with van der Waals surface area (Å²) in [5, 5.41) is 3.99. The van der Waals surface area contributed by atoms with Crippen LogP contribution in [0.1, 0.15) is 0 Å². The third-order valence-corrected chi connectivity index (χ3v) is 2.57. The van der Waals surface area contributed by atoms with E-state index in [4.69, 9.17) is 28.9 Å². The van der Waals surface area contributed by atoms with Crippen molar-refractivity contribution in [1.82, 2.24) is 0 Å². The van der Waals surface area contributed by atoms with Gasteiger partial charge in [0, 0.05) is 11.0 Å². The van der Waals surface area contributed by atoms with Gasteiger partial charge in [-0.15, -0.1) is 0 Å². The lowest BCUT2D eigenvalue weighted by Gasteiger charge is -2.09. The summed E-state index contributed by atoms with van der Waals surface area (Å²) in [6, 6.07) is 3.30. The summed E-state index contributed by atoms with van der Waals surface area (Å²) in [4.78, 5) is 0. The number of nitrogens with one attached hydrogen (secondary N) is 1. The molecule has 0 saturated heterocycles. The van der Waals surface area contributed by atoms with E-state index in [1.807, 2.05) is 0 Å². The Hall–Kier alpha value is -0.380. The molecule has 76 valence electrons. The molecule has 0 amide bonds. The molecule has 0 heterocycles.